The van der Waals surface area contributed by atoms with Gasteiger partial charge in [0.15, 0.2) is 17.5 Å². The van der Waals surface area contributed by atoms with Crippen LogP contribution in [0.3, 0.4) is 0 Å². The van der Waals surface area contributed by atoms with Gasteiger partial charge in [-0.15, -0.1) is 0 Å². The third-order valence-electron chi connectivity index (χ3n) is 8.79. The highest BCUT2D eigenvalue weighted by Crippen LogP contribution is 2.29. The van der Waals surface area contributed by atoms with Crippen LogP contribution in [0.2, 0.25) is 0 Å². The fourth-order valence-electron chi connectivity index (χ4n) is 6.38. The number of nitrogens with zero attached hydrogens (tertiary/aromatic N) is 6. The molecule has 6 aromatic carbocycles. The van der Waals surface area contributed by atoms with Gasteiger partial charge in [0.05, 0.1) is 27.5 Å². The Morgan fingerprint density at radius 3 is 1.62 bits per heavy atom. The Hall–Kier alpha value is -7.06. The van der Waals surface area contributed by atoms with Crippen molar-refractivity contribution in [2.75, 3.05) is 0 Å². The summed E-state index contributed by atoms with van der Waals surface area (Å²) in [4.78, 5) is 47.5. The highest BCUT2D eigenvalue weighted by molar-refractivity contribution is 5.85. The molecule has 0 bridgehead atoms. The highest BCUT2D eigenvalue weighted by atomic mass is 16.1. The Morgan fingerprint density at radius 2 is 0.920 bits per heavy atom. The molecule has 0 N–H and O–H groups in total. The molecule has 0 unspecified atom stereocenters. The first-order chi connectivity index (χ1) is 24.6. The molecule has 0 fully saturated rings. The Balaban J connectivity index is 1.21. The van der Waals surface area contributed by atoms with E-state index in [0.29, 0.717) is 45.0 Å². The summed E-state index contributed by atoms with van der Waals surface area (Å²) in [7, 11) is 0. The molecule has 8 nitrogen and oxygen atoms in total. The molecular weight excluding hydrogens is 621 g/mol. The minimum Gasteiger partial charge on any atom is -0.268 e. The van der Waals surface area contributed by atoms with E-state index < -0.39 is 0 Å². The summed E-state index contributed by atoms with van der Waals surface area (Å²) in [6.45, 7) is 0. The zero-order chi connectivity index (χ0) is 33.6. The Labute approximate surface area is 285 Å². The number of aromatic nitrogens is 6. The minimum atomic E-state index is -0.263. The Bertz CT molecular complexity index is 2810. The molecule has 236 valence electrons. The van der Waals surface area contributed by atoms with Gasteiger partial charge in [0, 0.05) is 16.7 Å². The summed E-state index contributed by atoms with van der Waals surface area (Å²) in [6.07, 6.45) is 0. The predicted octanol–water partition coefficient (Wildman–Crippen LogP) is 8.00. The van der Waals surface area contributed by atoms with E-state index in [0.717, 1.165) is 27.8 Å². The van der Waals surface area contributed by atoms with Crippen molar-refractivity contribution in [3.63, 3.8) is 0 Å². The van der Waals surface area contributed by atoms with Crippen LogP contribution in [0.4, 0.5) is 0 Å². The average Bonchev–Trinajstić information content (AvgIpc) is 3.19. The van der Waals surface area contributed by atoms with Gasteiger partial charge in [0.25, 0.3) is 11.1 Å². The summed E-state index contributed by atoms with van der Waals surface area (Å²) >= 11 is 0. The van der Waals surface area contributed by atoms with E-state index in [-0.39, 0.29) is 16.9 Å². The summed E-state index contributed by atoms with van der Waals surface area (Å²) in [6, 6.07) is 49.8. The Morgan fingerprint density at radius 1 is 0.400 bits per heavy atom. The second kappa shape index (κ2) is 11.9. The Kier molecular flexibility index (Phi) is 6.91. The minimum absolute atomic E-state index is 0.235. The maximum Gasteiger partial charge on any atom is 0.267 e. The lowest BCUT2D eigenvalue weighted by Gasteiger charge is -2.15. The predicted molar refractivity (Wildman–Crippen MR) is 197 cm³/mol. The molecule has 0 amide bonds. The topological polar surface area (TPSA) is 95.0 Å². The van der Waals surface area contributed by atoms with Crippen LogP contribution in [0.15, 0.2) is 167 Å². The monoisotopic (exact) mass is 646 g/mol. The summed E-state index contributed by atoms with van der Waals surface area (Å²) in [5.41, 5.74) is 5.50. The lowest BCUT2D eigenvalue weighted by Crippen LogP contribution is -2.28. The third-order valence-corrected chi connectivity index (χ3v) is 8.79. The van der Waals surface area contributed by atoms with Gasteiger partial charge in [-0.3, -0.25) is 9.59 Å². The van der Waals surface area contributed by atoms with Crippen LogP contribution >= 0.6 is 0 Å². The molecule has 50 heavy (non-hydrogen) atoms. The molecule has 3 heterocycles. The average molecular weight is 647 g/mol. The zero-order valence-corrected chi connectivity index (χ0v) is 26.5. The number of hydrogen-bond donors (Lipinski definition) is 0. The van der Waals surface area contributed by atoms with E-state index in [9.17, 15) is 9.59 Å². The van der Waals surface area contributed by atoms with Crippen LogP contribution in [-0.2, 0) is 0 Å². The highest BCUT2D eigenvalue weighted by Gasteiger charge is 2.18. The first-order valence-corrected chi connectivity index (χ1v) is 16.2. The standard InChI is InChI=1S/C42H26N6O2/c49-40-33-21-7-9-23-35(33)43-42-47(41(50)34-22-8-10-24-36(34)48(40)42)32-20-12-18-30(26-32)29-17-11-19-31(25-29)39-45-37(27-13-3-1-4-14-27)44-38(46-39)28-15-5-2-6-16-28/h1-26H. The van der Waals surface area contributed by atoms with Crippen molar-refractivity contribution in [2.45, 2.75) is 0 Å². The van der Waals surface area contributed by atoms with Crippen LogP contribution in [0.5, 0.6) is 0 Å². The van der Waals surface area contributed by atoms with Crippen LogP contribution in [-0.4, -0.2) is 28.9 Å². The molecule has 0 radical (unpaired) electrons. The van der Waals surface area contributed by atoms with Crippen LogP contribution in [0, 0.1) is 0 Å². The van der Waals surface area contributed by atoms with E-state index in [1.807, 2.05) is 127 Å². The van der Waals surface area contributed by atoms with Gasteiger partial charge in [-0.25, -0.2) is 28.9 Å². The summed E-state index contributed by atoms with van der Waals surface area (Å²) in [5.74, 6) is 1.96. The van der Waals surface area contributed by atoms with E-state index in [2.05, 4.69) is 0 Å². The molecule has 0 aliphatic rings. The molecule has 0 saturated carbocycles. The van der Waals surface area contributed by atoms with Crippen LogP contribution in [0.1, 0.15) is 0 Å². The fraction of sp³-hybridized carbons (Fsp3) is 0. The van der Waals surface area contributed by atoms with Gasteiger partial charge in [-0.05, 0) is 53.6 Å². The molecule has 9 aromatic rings. The van der Waals surface area contributed by atoms with Crippen molar-refractivity contribution in [1.82, 2.24) is 28.9 Å². The number of benzene rings is 6. The van der Waals surface area contributed by atoms with Gasteiger partial charge in [0.1, 0.15) is 0 Å². The fourth-order valence-corrected chi connectivity index (χ4v) is 6.38. The lowest BCUT2D eigenvalue weighted by atomic mass is 10.0. The number of hydrogen-bond acceptors (Lipinski definition) is 6. The van der Waals surface area contributed by atoms with E-state index in [1.165, 1.54) is 8.97 Å². The van der Waals surface area contributed by atoms with E-state index >= 15 is 0 Å². The molecule has 0 spiro atoms. The number of para-hydroxylation sites is 2. The molecule has 0 aliphatic carbocycles. The van der Waals surface area contributed by atoms with Crippen molar-refractivity contribution >= 4 is 27.6 Å². The van der Waals surface area contributed by atoms with Crippen LogP contribution < -0.4 is 11.1 Å². The molecule has 8 heteroatoms. The first-order valence-electron chi connectivity index (χ1n) is 16.2. The second-order valence-electron chi connectivity index (χ2n) is 11.9. The molecule has 0 atom stereocenters. The second-order valence-corrected chi connectivity index (χ2v) is 11.9. The quantitative estimate of drug-likeness (QED) is 0.139. The van der Waals surface area contributed by atoms with Crippen molar-refractivity contribution < 1.29 is 0 Å². The van der Waals surface area contributed by atoms with Gasteiger partial charge < -0.3 is 0 Å². The maximum atomic E-state index is 14.2. The summed E-state index contributed by atoms with van der Waals surface area (Å²) < 4.78 is 3.05. The van der Waals surface area contributed by atoms with Crippen molar-refractivity contribution in [3.05, 3.63) is 178 Å². The molecule has 9 rings (SSSR count). The largest absolute Gasteiger partial charge is 0.268 e. The lowest BCUT2D eigenvalue weighted by molar-refractivity contribution is 0.943. The molecule has 0 aliphatic heterocycles. The number of fused-ring (bicyclic) bond motifs is 4. The van der Waals surface area contributed by atoms with Gasteiger partial charge in [-0.2, -0.15) is 0 Å². The van der Waals surface area contributed by atoms with Crippen LogP contribution in [0.25, 0.3) is 78.6 Å². The molecule has 0 saturated heterocycles. The molecule has 3 aromatic heterocycles. The summed E-state index contributed by atoms with van der Waals surface area (Å²) in [5, 5.41) is 0.903. The first kappa shape index (κ1) is 29.1. The van der Waals surface area contributed by atoms with E-state index in [4.69, 9.17) is 19.9 Å². The van der Waals surface area contributed by atoms with Gasteiger partial charge >= 0.3 is 0 Å². The smallest absolute Gasteiger partial charge is 0.267 e. The van der Waals surface area contributed by atoms with Crippen molar-refractivity contribution in [1.29, 1.82) is 0 Å². The third kappa shape index (κ3) is 4.94. The van der Waals surface area contributed by atoms with Crippen molar-refractivity contribution in [3.8, 4) is 51.0 Å². The van der Waals surface area contributed by atoms with Gasteiger partial charge in [0.2, 0.25) is 5.78 Å². The van der Waals surface area contributed by atoms with Gasteiger partial charge in [-0.1, -0.05) is 115 Å². The normalized spacial score (nSPS) is 11.4. The maximum absolute atomic E-state index is 14.2. The SMILES string of the molecule is O=c1c2ccccc2n2c(=O)c3ccccc3nc2n1-c1cccc(-c2cccc(-c3nc(-c4ccccc4)nc(-c4ccccc4)n3)c2)c1. The molecular formula is C42H26N6O2. The van der Waals surface area contributed by atoms with E-state index in [1.54, 1.807) is 30.3 Å². The number of rotatable bonds is 5. The van der Waals surface area contributed by atoms with Crippen molar-refractivity contribution in [2.24, 2.45) is 0 Å². The zero-order valence-electron chi connectivity index (χ0n) is 26.5.